The Morgan fingerprint density at radius 1 is 1.17 bits per heavy atom. The van der Waals surface area contributed by atoms with Crippen molar-refractivity contribution in [2.45, 2.75) is 45.3 Å². The predicted octanol–water partition coefficient (Wildman–Crippen LogP) is 3.68. The van der Waals surface area contributed by atoms with Gasteiger partial charge in [0.05, 0.1) is 0 Å². The van der Waals surface area contributed by atoms with Crippen molar-refractivity contribution in [2.24, 2.45) is 0 Å². The van der Waals surface area contributed by atoms with Gasteiger partial charge in [0.1, 0.15) is 23.7 Å². The average Bonchev–Trinajstić information content (AvgIpc) is 2.53. The lowest BCUT2D eigenvalue weighted by molar-refractivity contribution is -0.104. The largest absolute Gasteiger partial charge is 0.490 e. The van der Waals surface area contributed by atoms with Crippen molar-refractivity contribution in [2.75, 3.05) is 13.1 Å². The summed E-state index contributed by atoms with van der Waals surface area (Å²) in [5.74, 6) is 0.800. The fourth-order valence-electron chi connectivity index (χ4n) is 2.48. The van der Waals surface area contributed by atoms with Gasteiger partial charge in [0.2, 0.25) is 0 Å². The first kappa shape index (κ1) is 18.0. The van der Waals surface area contributed by atoms with E-state index in [1.165, 1.54) is 6.08 Å². The van der Waals surface area contributed by atoms with E-state index >= 15 is 0 Å². The van der Waals surface area contributed by atoms with E-state index in [4.69, 9.17) is 9.47 Å². The van der Waals surface area contributed by atoms with Gasteiger partial charge in [-0.1, -0.05) is 18.2 Å². The van der Waals surface area contributed by atoms with E-state index in [9.17, 15) is 9.59 Å². The first-order chi connectivity index (χ1) is 11.4. The number of allylic oxidation sites excluding steroid dienone is 1. The van der Waals surface area contributed by atoms with E-state index in [-0.39, 0.29) is 12.2 Å². The van der Waals surface area contributed by atoms with E-state index < -0.39 is 5.60 Å². The van der Waals surface area contributed by atoms with Crippen molar-refractivity contribution < 1.29 is 19.1 Å². The Balaban J connectivity index is 1.81. The number of likely N-dealkylation sites (tertiary alicyclic amines) is 1. The SMILES string of the molecule is CC(C)(C)OC(=O)N1CCC(Oc2ccc(/C=C/C=O)cc2)CC1. The fourth-order valence-corrected chi connectivity index (χ4v) is 2.48. The summed E-state index contributed by atoms with van der Waals surface area (Å²) in [6, 6.07) is 7.60. The normalized spacial score (nSPS) is 16.2. The molecule has 1 aliphatic heterocycles. The van der Waals surface area contributed by atoms with Crippen LogP contribution >= 0.6 is 0 Å². The standard InChI is InChI=1S/C19H25NO4/c1-19(2,3)24-18(22)20-12-10-17(11-13-20)23-16-8-6-15(7-9-16)5-4-14-21/h4-9,14,17H,10-13H2,1-3H3/b5-4+. The quantitative estimate of drug-likeness (QED) is 0.624. The highest BCUT2D eigenvalue weighted by molar-refractivity contribution is 5.73. The zero-order valence-corrected chi connectivity index (χ0v) is 14.5. The van der Waals surface area contributed by atoms with Gasteiger partial charge in [-0.2, -0.15) is 0 Å². The van der Waals surface area contributed by atoms with Crippen LogP contribution < -0.4 is 4.74 Å². The molecule has 1 saturated heterocycles. The molecule has 1 fully saturated rings. The molecule has 2 rings (SSSR count). The van der Waals surface area contributed by atoms with Crippen LogP contribution in [0.3, 0.4) is 0 Å². The molecule has 0 spiro atoms. The van der Waals surface area contributed by atoms with Crippen LogP contribution in [0, 0.1) is 0 Å². The summed E-state index contributed by atoms with van der Waals surface area (Å²) >= 11 is 0. The molecule has 1 aliphatic rings. The molecule has 0 saturated carbocycles. The molecular formula is C19H25NO4. The molecule has 0 bridgehead atoms. The minimum atomic E-state index is -0.468. The number of carbonyl (C=O) groups is 2. The second kappa shape index (κ2) is 7.99. The summed E-state index contributed by atoms with van der Waals surface area (Å²) in [5, 5.41) is 0. The lowest BCUT2D eigenvalue weighted by atomic mass is 10.1. The second-order valence-corrected chi connectivity index (χ2v) is 6.85. The van der Waals surface area contributed by atoms with E-state index in [2.05, 4.69) is 0 Å². The Morgan fingerprint density at radius 3 is 2.33 bits per heavy atom. The Morgan fingerprint density at radius 2 is 1.79 bits per heavy atom. The highest BCUT2D eigenvalue weighted by atomic mass is 16.6. The highest BCUT2D eigenvalue weighted by Gasteiger charge is 2.27. The molecule has 1 aromatic rings. The summed E-state index contributed by atoms with van der Waals surface area (Å²) in [6.45, 7) is 6.89. The number of ether oxygens (including phenoxy) is 2. The summed E-state index contributed by atoms with van der Waals surface area (Å²) in [7, 11) is 0. The van der Waals surface area contributed by atoms with Crippen molar-refractivity contribution >= 4 is 18.5 Å². The van der Waals surface area contributed by atoms with Gasteiger partial charge in [-0.3, -0.25) is 4.79 Å². The topological polar surface area (TPSA) is 55.8 Å². The average molecular weight is 331 g/mol. The third kappa shape index (κ3) is 5.72. The number of benzene rings is 1. The minimum absolute atomic E-state index is 0.0973. The number of nitrogens with zero attached hydrogens (tertiary/aromatic N) is 1. The zero-order chi connectivity index (χ0) is 17.6. The van der Waals surface area contributed by atoms with E-state index in [1.807, 2.05) is 45.0 Å². The Labute approximate surface area is 143 Å². The van der Waals surface area contributed by atoms with Gasteiger partial charge in [-0.05, 0) is 44.5 Å². The van der Waals surface area contributed by atoms with Crippen molar-refractivity contribution in [3.8, 4) is 5.75 Å². The molecule has 0 aliphatic carbocycles. The molecular weight excluding hydrogens is 306 g/mol. The Kier molecular flexibility index (Phi) is 6.01. The number of rotatable bonds is 4. The molecule has 0 unspecified atom stereocenters. The first-order valence-electron chi connectivity index (χ1n) is 8.24. The maximum atomic E-state index is 12.0. The lowest BCUT2D eigenvalue weighted by Crippen LogP contribution is -2.44. The third-order valence-corrected chi connectivity index (χ3v) is 3.64. The zero-order valence-electron chi connectivity index (χ0n) is 14.5. The number of amides is 1. The number of hydrogen-bond donors (Lipinski definition) is 0. The number of aldehydes is 1. The lowest BCUT2D eigenvalue weighted by Gasteiger charge is -2.33. The molecule has 0 radical (unpaired) electrons. The van der Waals surface area contributed by atoms with Crippen LogP contribution in [0.25, 0.3) is 6.08 Å². The molecule has 130 valence electrons. The molecule has 1 amide bonds. The van der Waals surface area contributed by atoms with Crippen molar-refractivity contribution in [1.29, 1.82) is 0 Å². The maximum absolute atomic E-state index is 12.0. The van der Waals surface area contributed by atoms with Crippen LogP contribution in [-0.2, 0) is 9.53 Å². The van der Waals surface area contributed by atoms with Crippen LogP contribution in [0.15, 0.2) is 30.3 Å². The van der Waals surface area contributed by atoms with Gasteiger partial charge in [0.25, 0.3) is 0 Å². The number of carbonyl (C=O) groups excluding carboxylic acids is 2. The van der Waals surface area contributed by atoms with E-state index in [0.29, 0.717) is 13.1 Å². The van der Waals surface area contributed by atoms with Crippen LogP contribution in [0.4, 0.5) is 4.79 Å². The highest BCUT2D eigenvalue weighted by Crippen LogP contribution is 2.21. The van der Waals surface area contributed by atoms with Crippen molar-refractivity contribution in [1.82, 2.24) is 4.90 Å². The van der Waals surface area contributed by atoms with E-state index in [0.717, 1.165) is 30.4 Å². The molecule has 24 heavy (non-hydrogen) atoms. The second-order valence-electron chi connectivity index (χ2n) is 6.85. The van der Waals surface area contributed by atoms with Crippen LogP contribution in [-0.4, -0.2) is 42.1 Å². The predicted molar refractivity (Wildman–Crippen MR) is 93.0 cm³/mol. The molecule has 1 heterocycles. The summed E-state index contributed by atoms with van der Waals surface area (Å²) in [6.07, 6.45) is 5.37. The smallest absolute Gasteiger partial charge is 0.410 e. The van der Waals surface area contributed by atoms with Crippen LogP contribution in [0.5, 0.6) is 5.75 Å². The maximum Gasteiger partial charge on any atom is 0.410 e. The Hall–Kier alpha value is -2.30. The van der Waals surface area contributed by atoms with Crippen molar-refractivity contribution in [3.05, 3.63) is 35.9 Å². The minimum Gasteiger partial charge on any atom is -0.490 e. The van der Waals surface area contributed by atoms with Crippen molar-refractivity contribution in [3.63, 3.8) is 0 Å². The van der Waals surface area contributed by atoms with Gasteiger partial charge in [0, 0.05) is 25.9 Å². The molecule has 5 heteroatoms. The molecule has 1 aromatic carbocycles. The van der Waals surface area contributed by atoms with Gasteiger partial charge in [-0.15, -0.1) is 0 Å². The van der Waals surface area contributed by atoms with Gasteiger partial charge >= 0.3 is 6.09 Å². The van der Waals surface area contributed by atoms with Crippen LogP contribution in [0.2, 0.25) is 0 Å². The van der Waals surface area contributed by atoms with E-state index in [1.54, 1.807) is 11.0 Å². The Bertz CT molecular complexity index is 578. The third-order valence-electron chi connectivity index (χ3n) is 3.64. The number of piperidine rings is 1. The van der Waals surface area contributed by atoms with Gasteiger partial charge in [-0.25, -0.2) is 4.79 Å². The van der Waals surface area contributed by atoms with Gasteiger partial charge in [0.15, 0.2) is 0 Å². The molecule has 0 aromatic heterocycles. The molecule has 5 nitrogen and oxygen atoms in total. The number of hydrogen-bond acceptors (Lipinski definition) is 4. The fraction of sp³-hybridized carbons (Fsp3) is 0.474. The summed E-state index contributed by atoms with van der Waals surface area (Å²) in [4.78, 5) is 24.1. The first-order valence-corrected chi connectivity index (χ1v) is 8.24. The monoisotopic (exact) mass is 331 g/mol. The van der Waals surface area contributed by atoms with Gasteiger partial charge < -0.3 is 14.4 Å². The molecule has 0 atom stereocenters. The summed E-state index contributed by atoms with van der Waals surface area (Å²) < 4.78 is 11.4. The summed E-state index contributed by atoms with van der Waals surface area (Å²) in [5.41, 5.74) is 0.485. The molecule has 0 N–H and O–H groups in total. The van der Waals surface area contributed by atoms with Crippen LogP contribution in [0.1, 0.15) is 39.2 Å².